The fraction of sp³-hybridized carbons (Fsp3) is 0.455. The van der Waals surface area contributed by atoms with Crippen LogP contribution in [0.3, 0.4) is 0 Å². The third-order valence-corrected chi connectivity index (χ3v) is 6.16. The van der Waals surface area contributed by atoms with Gasteiger partial charge in [-0.15, -0.1) is 0 Å². The molecule has 0 bridgehead atoms. The largest absolute Gasteiger partial charge is 0.382 e. The molecular weight excluding hydrogens is 432 g/mol. The van der Waals surface area contributed by atoms with Crippen molar-refractivity contribution in [2.75, 3.05) is 31.6 Å². The zero-order valence-electron chi connectivity index (χ0n) is 18.3. The Labute approximate surface area is 191 Å². The summed E-state index contributed by atoms with van der Waals surface area (Å²) in [7, 11) is 0. The number of carbonyl (C=O) groups excluding carboxylic acids is 1. The number of aromatic nitrogens is 2. The van der Waals surface area contributed by atoms with E-state index in [1.165, 1.54) is 16.2 Å². The number of hydrogen-bond acceptors (Lipinski definition) is 7. The molecule has 1 saturated heterocycles. The normalized spacial score (nSPS) is 15.6. The van der Waals surface area contributed by atoms with Gasteiger partial charge in [0.15, 0.2) is 0 Å². The van der Waals surface area contributed by atoms with E-state index >= 15 is 0 Å². The number of nitrogens with one attached hydrogen (secondary N) is 1. The van der Waals surface area contributed by atoms with Crippen molar-refractivity contribution in [2.45, 2.75) is 34.1 Å². The molecule has 9 heteroatoms. The molecule has 3 rings (SSSR count). The maximum atomic E-state index is 13.3. The number of nitrogens with zero attached hydrogens (tertiary/aromatic N) is 3. The van der Waals surface area contributed by atoms with Gasteiger partial charge >= 0.3 is 0 Å². The average molecular weight is 461 g/mol. The number of aryl methyl sites for hydroxylation is 1. The lowest BCUT2D eigenvalue weighted by molar-refractivity contribution is -0.122. The summed E-state index contributed by atoms with van der Waals surface area (Å²) in [5.74, 6) is 0.665. The smallest absolute Gasteiger partial charge is 0.267 e. The van der Waals surface area contributed by atoms with Crippen molar-refractivity contribution in [1.29, 1.82) is 0 Å². The summed E-state index contributed by atoms with van der Waals surface area (Å²) in [5.41, 5.74) is 1.64. The van der Waals surface area contributed by atoms with Crippen LogP contribution in [0.15, 0.2) is 28.0 Å². The Morgan fingerprint density at radius 2 is 2.13 bits per heavy atom. The van der Waals surface area contributed by atoms with Crippen molar-refractivity contribution >= 4 is 51.7 Å². The molecule has 0 atom stereocenters. The molecule has 2 aromatic rings. The number of rotatable bonds is 9. The van der Waals surface area contributed by atoms with Gasteiger partial charge < -0.3 is 10.1 Å². The summed E-state index contributed by atoms with van der Waals surface area (Å²) >= 11 is 6.62. The number of thioether (sulfide) groups is 1. The van der Waals surface area contributed by atoms with E-state index in [9.17, 15) is 9.59 Å². The Balaban J connectivity index is 1.99. The maximum Gasteiger partial charge on any atom is 0.267 e. The Bertz CT molecular complexity index is 1080. The minimum absolute atomic E-state index is 0.185. The molecule has 1 fully saturated rings. The van der Waals surface area contributed by atoms with E-state index in [0.29, 0.717) is 64.9 Å². The molecular formula is C22H28N4O3S2. The topological polar surface area (TPSA) is 75.9 Å². The van der Waals surface area contributed by atoms with Crippen LogP contribution < -0.4 is 10.9 Å². The first-order valence-electron chi connectivity index (χ1n) is 10.4. The number of pyridine rings is 1. The van der Waals surface area contributed by atoms with Gasteiger partial charge in [-0.2, -0.15) is 0 Å². The Hall–Kier alpha value is -2.23. The number of amides is 1. The SMILES string of the molecule is CCOCCCN1C(=O)/C(=C/c2c(NCC(C)C)nc3c(C)cccn3c2=O)SC1=S. The van der Waals surface area contributed by atoms with Gasteiger partial charge in [-0.3, -0.25) is 18.9 Å². The number of fused-ring (bicyclic) bond motifs is 1. The van der Waals surface area contributed by atoms with Gasteiger partial charge in [-0.05, 0) is 43.9 Å². The van der Waals surface area contributed by atoms with Gasteiger partial charge in [-0.1, -0.05) is 43.9 Å². The number of thiocarbonyl (C=S) groups is 1. The van der Waals surface area contributed by atoms with Gasteiger partial charge in [0.1, 0.15) is 15.8 Å². The standard InChI is InChI=1S/C22H28N4O3S2/c1-5-29-11-7-10-26-21(28)17(31-22(26)30)12-16-18(23-13-14(2)3)24-19-15(4)8-6-9-25(19)20(16)27/h6,8-9,12,14,23H,5,7,10-11,13H2,1-4H3/b17-12-. The second-order valence-electron chi connectivity index (χ2n) is 7.72. The van der Waals surface area contributed by atoms with E-state index < -0.39 is 0 Å². The summed E-state index contributed by atoms with van der Waals surface area (Å²) in [5, 5.41) is 3.28. The molecule has 166 valence electrons. The molecule has 0 aromatic carbocycles. The molecule has 3 heterocycles. The van der Waals surface area contributed by atoms with Crippen molar-refractivity contribution in [3.63, 3.8) is 0 Å². The van der Waals surface area contributed by atoms with Crippen LogP contribution in [0, 0.1) is 12.8 Å². The quantitative estimate of drug-likeness (QED) is 0.347. The van der Waals surface area contributed by atoms with Crippen LogP contribution in [0.2, 0.25) is 0 Å². The monoisotopic (exact) mass is 460 g/mol. The minimum atomic E-state index is -0.221. The molecule has 0 radical (unpaired) electrons. The number of anilines is 1. The minimum Gasteiger partial charge on any atom is -0.382 e. The highest BCUT2D eigenvalue weighted by Gasteiger charge is 2.32. The molecule has 31 heavy (non-hydrogen) atoms. The van der Waals surface area contributed by atoms with Crippen LogP contribution >= 0.6 is 24.0 Å². The first kappa shape index (κ1) is 23.4. The third-order valence-electron chi connectivity index (χ3n) is 4.79. The highest BCUT2D eigenvalue weighted by Crippen LogP contribution is 2.33. The van der Waals surface area contributed by atoms with Gasteiger partial charge in [0, 0.05) is 32.5 Å². The molecule has 1 aliphatic heterocycles. The Kier molecular flexibility index (Phi) is 7.85. The second kappa shape index (κ2) is 10.4. The zero-order valence-corrected chi connectivity index (χ0v) is 19.9. The van der Waals surface area contributed by atoms with Gasteiger partial charge in [0.25, 0.3) is 11.5 Å². The van der Waals surface area contributed by atoms with Crippen LogP contribution in [-0.2, 0) is 9.53 Å². The van der Waals surface area contributed by atoms with E-state index in [1.54, 1.807) is 17.2 Å². The van der Waals surface area contributed by atoms with Crippen molar-refractivity contribution in [2.24, 2.45) is 5.92 Å². The molecule has 1 aliphatic rings. The predicted octanol–water partition coefficient (Wildman–Crippen LogP) is 3.70. The summed E-state index contributed by atoms with van der Waals surface area (Å²) in [4.78, 5) is 33.0. The average Bonchev–Trinajstić information content (AvgIpc) is 2.99. The van der Waals surface area contributed by atoms with E-state index in [4.69, 9.17) is 21.9 Å². The lowest BCUT2D eigenvalue weighted by Crippen LogP contribution is -2.29. The number of hydrogen-bond donors (Lipinski definition) is 1. The van der Waals surface area contributed by atoms with Crippen LogP contribution in [0.5, 0.6) is 0 Å². The van der Waals surface area contributed by atoms with Gasteiger partial charge in [0.2, 0.25) is 0 Å². The summed E-state index contributed by atoms with van der Waals surface area (Å²) in [6.07, 6.45) is 4.02. The molecule has 0 saturated carbocycles. The first-order chi connectivity index (χ1) is 14.8. The van der Waals surface area contributed by atoms with Gasteiger partial charge in [-0.25, -0.2) is 4.98 Å². The first-order valence-corrected chi connectivity index (χ1v) is 11.6. The lowest BCUT2D eigenvalue weighted by atomic mass is 10.2. The Morgan fingerprint density at radius 1 is 1.35 bits per heavy atom. The Morgan fingerprint density at radius 3 is 2.84 bits per heavy atom. The molecule has 2 aromatic heterocycles. The zero-order chi connectivity index (χ0) is 22.5. The lowest BCUT2D eigenvalue weighted by Gasteiger charge is -2.14. The van der Waals surface area contributed by atoms with E-state index in [1.807, 2.05) is 26.0 Å². The van der Waals surface area contributed by atoms with Gasteiger partial charge in [0.05, 0.1) is 10.5 Å². The predicted molar refractivity (Wildman–Crippen MR) is 131 cm³/mol. The van der Waals surface area contributed by atoms with E-state index in [0.717, 1.165) is 5.56 Å². The van der Waals surface area contributed by atoms with E-state index in [2.05, 4.69) is 19.2 Å². The number of carbonyl (C=O) groups is 1. The molecule has 1 amide bonds. The number of ether oxygens (including phenoxy) is 1. The molecule has 0 unspecified atom stereocenters. The van der Waals surface area contributed by atoms with Crippen LogP contribution in [0.1, 0.15) is 38.3 Å². The van der Waals surface area contributed by atoms with Crippen LogP contribution in [-0.4, -0.2) is 50.8 Å². The fourth-order valence-electron chi connectivity index (χ4n) is 3.17. The molecule has 0 aliphatic carbocycles. The maximum absolute atomic E-state index is 13.3. The fourth-order valence-corrected chi connectivity index (χ4v) is 4.46. The van der Waals surface area contributed by atoms with Crippen molar-refractivity contribution in [3.05, 3.63) is 44.7 Å². The summed E-state index contributed by atoms with van der Waals surface area (Å²) < 4.78 is 7.36. The summed E-state index contributed by atoms with van der Waals surface area (Å²) in [6.45, 7) is 10.4. The highest BCUT2D eigenvalue weighted by molar-refractivity contribution is 8.26. The third kappa shape index (κ3) is 5.34. The van der Waals surface area contributed by atoms with Crippen molar-refractivity contribution in [3.8, 4) is 0 Å². The van der Waals surface area contributed by atoms with Crippen LogP contribution in [0.25, 0.3) is 11.7 Å². The molecule has 1 N–H and O–H groups in total. The highest BCUT2D eigenvalue weighted by atomic mass is 32.2. The second-order valence-corrected chi connectivity index (χ2v) is 9.40. The van der Waals surface area contributed by atoms with Crippen LogP contribution in [0.4, 0.5) is 5.82 Å². The van der Waals surface area contributed by atoms with E-state index in [-0.39, 0.29) is 11.5 Å². The van der Waals surface area contributed by atoms with Crippen molar-refractivity contribution < 1.29 is 9.53 Å². The summed E-state index contributed by atoms with van der Waals surface area (Å²) in [6, 6.07) is 3.73. The van der Waals surface area contributed by atoms with Crippen molar-refractivity contribution in [1.82, 2.24) is 14.3 Å². The molecule has 7 nitrogen and oxygen atoms in total. The molecule has 0 spiro atoms.